The number of carbonyl (C=O) groups excluding carboxylic acids is 1. The number of rotatable bonds is 5. The van der Waals surface area contributed by atoms with Crippen molar-refractivity contribution in [2.45, 2.75) is 18.4 Å². The van der Waals surface area contributed by atoms with Crippen molar-refractivity contribution < 1.29 is 13.2 Å². The molecule has 0 saturated carbocycles. The molecule has 3 rings (SSSR count). The topological polar surface area (TPSA) is 81.1 Å². The zero-order valence-electron chi connectivity index (χ0n) is 14.5. The van der Waals surface area contributed by atoms with Gasteiger partial charge in [0.15, 0.2) is 9.84 Å². The van der Waals surface area contributed by atoms with Crippen LogP contribution in [-0.2, 0) is 21.2 Å². The highest BCUT2D eigenvalue weighted by molar-refractivity contribution is 7.90. The first-order valence-electron chi connectivity index (χ1n) is 8.02. The number of nitrogens with zero attached hydrogens (tertiary/aromatic N) is 2. The minimum Gasteiger partial charge on any atom is -0.327 e. The van der Waals surface area contributed by atoms with Gasteiger partial charge in [0.2, 0.25) is 5.91 Å². The molecule has 1 heterocycles. The van der Waals surface area contributed by atoms with E-state index in [0.29, 0.717) is 28.5 Å². The van der Waals surface area contributed by atoms with Crippen LogP contribution in [0.3, 0.4) is 0 Å². The number of benzene rings is 2. The van der Waals surface area contributed by atoms with Gasteiger partial charge in [0.05, 0.1) is 11.4 Å². The normalized spacial score (nSPS) is 11.3. The van der Waals surface area contributed by atoms with E-state index in [0.717, 1.165) is 5.56 Å². The summed E-state index contributed by atoms with van der Waals surface area (Å²) in [6.07, 6.45) is 4.68. The van der Waals surface area contributed by atoms with E-state index in [4.69, 9.17) is 0 Å². The second-order valence-corrected chi connectivity index (χ2v) is 8.00. The second-order valence-electron chi connectivity index (χ2n) is 6.02. The molecule has 3 aromatic rings. The molecular weight excluding hydrogens is 350 g/mol. The first kappa shape index (κ1) is 17.9. The van der Waals surface area contributed by atoms with Crippen LogP contribution in [0.25, 0.3) is 11.4 Å². The SMILES string of the molecule is CC(=O)Nc1cccc(-c2nccn2Cc2ccccc2S(C)(=O)=O)c1. The maximum absolute atomic E-state index is 12.0. The Labute approximate surface area is 152 Å². The zero-order chi connectivity index (χ0) is 18.7. The summed E-state index contributed by atoms with van der Waals surface area (Å²) in [5, 5.41) is 2.75. The molecule has 1 aromatic heterocycles. The van der Waals surface area contributed by atoms with Gasteiger partial charge in [-0.05, 0) is 23.8 Å². The highest BCUT2D eigenvalue weighted by atomic mass is 32.2. The van der Waals surface area contributed by atoms with Gasteiger partial charge in [-0.2, -0.15) is 0 Å². The summed E-state index contributed by atoms with van der Waals surface area (Å²) in [6, 6.07) is 14.3. The first-order valence-corrected chi connectivity index (χ1v) is 9.91. The highest BCUT2D eigenvalue weighted by Crippen LogP contribution is 2.24. The molecule has 0 fully saturated rings. The van der Waals surface area contributed by atoms with Crippen molar-refractivity contribution in [2.24, 2.45) is 0 Å². The largest absolute Gasteiger partial charge is 0.327 e. The van der Waals surface area contributed by atoms with Crippen molar-refractivity contribution >= 4 is 21.4 Å². The second kappa shape index (κ2) is 7.13. The summed E-state index contributed by atoms with van der Waals surface area (Å²) in [5.74, 6) is 0.549. The van der Waals surface area contributed by atoms with Gasteiger partial charge in [0.1, 0.15) is 5.82 Å². The lowest BCUT2D eigenvalue weighted by molar-refractivity contribution is -0.114. The summed E-state index contributed by atoms with van der Waals surface area (Å²) in [5.41, 5.74) is 2.21. The van der Waals surface area contributed by atoms with E-state index in [-0.39, 0.29) is 5.91 Å². The van der Waals surface area contributed by atoms with E-state index in [9.17, 15) is 13.2 Å². The van der Waals surface area contributed by atoms with Crippen LogP contribution >= 0.6 is 0 Å². The lowest BCUT2D eigenvalue weighted by atomic mass is 10.1. The van der Waals surface area contributed by atoms with Gasteiger partial charge < -0.3 is 9.88 Å². The van der Waals surface area contributed by atoms with Crippen molar-refractivity contribution in [2.75, 3.05) is 11.6 Å². The Morgan fingerprint density at radius 1 is 1.15 bits per heavy atom. The number of carbonyl (C=O) groups is 1. The number of nitrogens with one attached hydrogen (secondary N) is 1. The molecule has 0 radical (unpaired) electrons. The quantitative estimate of drug-likeness (QED) is 0.750. The Hall–Kier alpha value is -2.93. The number of hydrogen-bond donors (Lipinski definition) is 1. The molecule has 0 spiro atoms. The summed E-state index contributed by atoms with van der Waals surface area (Å²) >= 11 is 0. The number of aromatic nitrogens is 2. The van der Waals surface area contributed by atoms with E-state index in [1.165, 1.54) is 13.2 Å². The summed E-state index contributed by atoms with van der Waals surface area (Å²) in [7, 11) is -3.32. The van der Waals surface area contributed by atoms with Crippen molar-refractivity contribution in [3.8, 4) is 11.4 Å². The van der Waals surface area contributed by atoms with Crippen molar-refractivity contribution in [3.63, 3.8) is 0 Å². The predicted octanol–water partition coefficient (Wildman–Crippen LogP) is 2.96. The molecule has 0 bridgehead atoms. The smallest absolute Gasteiger partial charge is 0.221 e. The maximum Gasteiger partial charge on any atom is 0.221 e. The molecule has 6 nitrogen and oxygen atoms in total. The van der Waals surface area contributed by atoms with Gasteiger partial charge in [-0.25, -0.2) is 13.4 Å². The lowest BCUT2D eigenvalue weighted by Crippen LogP contribution is -2.08. The van der Waals surface area contributed by atoms with E-state index >= 15 is 0 Å². The van der Waals surface area contributed by atoms with E-state index in [1.54, 1.807) is 36.7 Å². The minimum absolute atomic E-state index is 0.146. The number of imidazole rings is 1. The molecule has 134 valence electrons. The Bertz CT molecular complexity index is 1060. The molecule has 1 amide bonds. The third kappa shape index (κ3) is 4.00. The van der Waals surface area contributed by atoms with Crippen LogP contribution in [0, 0.1) is 0 Å². The molecule has 7 heteroatoms. The van der Waals surface area contributed by atoms with Crippen LogP contribution in [0.4, 0.5) is 5.69 Å². The molecule has 0 aliphatic heterocycles. The third-order valence-electron chi connectivity index (χ3n) is 3.87. The van der Waals surface area contributed by atoms with Crippen molar-refractivity contribution in [1.82, 2.24) is 9.55 Å². The molecule has 0 aliphatic carbocycles. The third-order valence-corrected chi connectivity index (χ3v) is 5.07. The monoisotopic (exact) mass is 369 g/mol. The van der Waals surface area contributed by atoms with Gasteiger partial charge in [-0.15, -0.1) is 0 Å². The van der Waals surface area contributed by atoms with Crippen LogP contribution in [-0.4, -0.2) is 30.1 Å². The van der Waals surface area contributed by atoms with Gasteiger partial charge in [0.25, 0.3) is 0 Å². The van der Waals surface area contributed by atoms with Crippen molar-refractivity contribution in [1.29, 1.82) is 0 Å². The molecule has 0 saturated heterocycles. The molecule has 1 N–H and O–H groups in total. The van der Waals surface area contributed by atoms with E-state index < -0.39 is 9.84 Å². The molecule has 0 aliphatic rings. The Kier molecular flexibility index (Phi) is 4.90. The maximum atomic E-state index is 12.0. The summed E-state index contributed by atoms with van der Waals surface area (Å²) in [4.78, 5) is 16.0. The van der Waals surface area contributed by atoms with Gasteiger partial charge in [-0.1, -0.05) is 30.3 Å². The fourth-order valence-electron chi connectivity index (χ4n) is 2.82. The van der Waals surface area contributed by atoms with Crippen molar-refractivity contribution in [3.05, 3.63) is 66.5 Å². The average molecular weight is 369 g/mol. The predicted molar refractivity (Wildman–Crippen MR) is 101 cm³/mol. The Morgan fingerprint density at radius 3 is 2.65 bits per heavy atom. The molecule has 2 aromatic carbocycles. The lowest BCUT2D eigenvalue weighted by Gasteiger charge is -2.12. The van der Waals surface area contributed by atoms with Gasteiger partial charge in [-0.3, -0.25) is 4.79 Å². The first-order chi connectivity index (χ1) is 12.3. The van der Waals surface area contributed by atoms with Crippen LogP contribution in [0.2, 0.25) is 0 Å². The number of amides is 1. The van der Waals surface area contributed by atoms with Gasteiger partial charge >= 0.3 is 0 Å². The molecule has 0 unspecified atom stereocenters. The Morgan fingerprint density at radius 2 is 1.92 bits per heavy atom. The highest BCUT2D eigenvalue weighted by Gasteiger charge is 2.14. The molecule has 26 heavy (non-hydrogen) atoms. The fourth-order valence-corrected chi connectivity index (χ4v) is 3.75. The molecule has 0 atom stereocenters. The van der Waals surface area contributed by atoms with Gasteiger partial charge in [0, 0.05) is 36.8 Å². The minimum atomic E-state index is -3.32. The van der Waals surface area contributed by atoms with Crippen LogP contribution < -0.4 is 5.32 Å². The average Bonchev–Trinajstić information content (AvgIpc) is 3.02. The number of anilines is 1. The van der Waals surface area contributed by atoms with Crippen LogP contribution in [0.1, 0.15) is 12.5 Å². The van der Waals surface area contributed by atoms with E-state index in [2.05, 4.69) is 10.3 Å². The van der Waals surface area contributed by atoms with Crippen LogP contribution in [0.5, 0.6) is 0 Å². The summed E-state index contributed by atoms with van der Waals surface area (Å²) < 4.78 is 25.9. The fraction of sp³-hybridized carbons (Fsp3) is 0.158. The zero-order valence-corrected chi connectivity index (χ0v) is 15.3. The van der Waals surface area contributed by atoms with E-state index in [1.807, 2.05) is 28.8 Å². The number of hydrogen-bond acceptors (Lipinski definition) is 4. The summed E-state index contributed by atoms with van der Waals surface area (Å²) in [6.45, 7) is 1.83. The standard InChI is InChI=1S/C19H19N3O3S/c1-14(23)21-17-8-5-7-15(12-17)19-20-10-11-22(19)13-16-6-3-4-9-18(16)26(2,24)25/h3-12H,13H2,1-2H3,(H,21,23). The van der Waals surface area contributed by atoms with Crippen LogP contribution in [0.15, 0.2) is 65.8 Å². The number of sulfone groups is 1. The molecular formula is C19H19N3O3S. The Balaban J connectivity index is 1.97.